The largest absolute Gasteiger partial charge is 0.457 e. The van der Waals surface area contributed by atoms with Gasteiger partial charge >= 0.3 is 6.03 Å². The van der Waals surface area contributed by atoms with E-state index in [1.54, 1.807) is 30.3 Å². The van der Waals surface area contributed by atoms with Crippen LogP contribution in [0, 0.1) is 5.82 Å². The summed E-state index contributed by atoms with van der Waals surface area (Å²) in [5.41, 5.74) is 3.38. The maximum absolute atomic E-state index is 13.3. The third kappa shape index (κ3) is 6.08. The standard InChI is InChI=1S/C26H25FN6O2/c27-18-3-1-4-19(13-18)31-26(34)32-20-5-2-6-22(14-20)35-23-7-8-24-25(15-23)30-21(16-29-24)17-33-11-9-28-10-12-33/h1-8,13-16,28H,9-12,17H2,(H2,31,32,34). The van der Waals surface area contributed by atoms with Crippen molar-refractivity contribution in [1.82, 2.24) is 20.2 Å². The number of nitrogens with zero attached hydrogens (tertiary/aromatic N) is 3. The van der Waals surface area contributed by atoms with Crippen molar-refractivity contribution in [3.05, 3.63) is 84.4 Å². The first-order valence-corrected chi connectivity index (χ1v) is 11.4. The van der Waals surface area contributed by atoms with Crippen molar-refractivity contribution in [3.8, 4) is 11.5 Å². The van der Waals surface area contributed by atoms with E-state index in [4.69, 9.17) is 9.72 Å². The minimum Gasteiger partial charge on any atom is -0.457 e. The summed E-state index contributed by atoms with van der Waals surface area (Å²) in [7, 11) is 0. The second-order valence-electron chi connectivity index (χ2n) is 8.26. The normalized spacial score (nSPS) is 14.0. The highest BCUT2D eigenvalue weighted by molar-refractivity contribution is 5.99. The number of piperazine rings is 1. The Balaban J connectivity index is 1.25. The van der Waals surface area contributed by atoms with Crippen molar-refractivity contribution in [2.45, 2.75) is 6.54 Å². The average Bonchev–Trinajstić information content (AvgIpc) is 2.85. The van der Waals surface area contributed by atoms with Gasteiger partial charge in [-0.25, -0.2) is 14.2 Å². The molecule has 0 radical (unpaired) electrons. The fraction of sp³-hybridized carbons (Fsp3) is 0.192. The lowest BCUT2D eigenvalue weighted by atomic mass is 10.2. The molecule has 8 nitrogen and oxygen atoms in total. The monoisotopic (exact) mass is 472 g/mol. The Hall–Kier alpha value is -4.08. The quantitative estimate of drug-likeness (QED) is 0.380. The predicted octanol–water partition coefficient (Wildman–Crippen LogP) is 4.61. The molecule has 0 bridgehead atoms. The van der Waals surface area contributed by atoms with E-state index in [2.05, 4.69) is 25.8 Å². The first-order chi connectivity index (χ1) is 17.1. The second kappa shape index (κ2) is 10.5. The lowest BCUT2D eigenvalue weighted by Gasteiger charge is -2.26. The SMILES string of the molecule is O=C(Nc1cccc(F)c1)Nc1cccc(Oc2ccc3ncc(CN4CCNCC4)nc3c2)c1. The van der Waals surface area contributed by atoms with Crippen molar-refractivity contribution in [2.75, 3.05) is 36.8 Å². The third-order valence-electron chi connectivity index (χ3n) is 5.57. The van der Waals surface area contributed by atoms with Crippen molar-refractivity contribution in [1.29, 1.82) is 0 Å². The highest BCUT2D eigenvalue weighted by Crippen LogP contribution is 2.26. The smallest absolute Gasteiger partial charge is 0.323 e. The van der Waals surface area contributed by atoms with Gasteiger partial charge < -0.3 is 20.7 Å². The van der Waals surface area contributed by atoms with Crippen LogP contribution in [-0.2, 0) is 6.54 Å². The Kier molecular flexibility index (Phi) is 6.78. The number of carbonyl (C=O) groups excluding carboxylic acids is 1. The van der Waals surface area contributed by atoms with Gasteiger partial charge in [0.15, 0.2) is 0 Å². The Bertz CT molecular complexity index is 1340. The van der Waals surface area contributed by atoms with E-state index in [0.717, 1.165) is 49.5 Å². The Morgan fingerprint density at radius 3 is 2.49 bits per heavy atom. The number of carbonyl (C=O) groups is 1. The number of urea groups is 1. The lowest BCUT2D eigenvalue weighted by molar-refractivity contribution is 0.230. The number of fused-ring (bicyclic) bond motifs is 1. The van der Waals surface area contributed by atoms with Crippen LogP contribution in [0.2, 0.25) is 0 Å². The number of ether oxygens (including phenoxy) is 1. The van der Waals surface area contributed by atoms with Crippen LogP contribution in [0.1, 0.15) is 5.69 Å². The molecule has 0 aliphatic carbocycles. The van der Waals surface area contributed by atoms with Gasteiger partial charge in [-0.15, -0.1) is 0 Å². The average molecular weight is 473 g/mol. The summed E-state index contributed by atoms with van der Waals surface area (Å²) in [6.07, 6.45) is 1.83. The minimum atomic E-state index is -0.481. The topological polar surface area (TPSA) is 91.4 Å². The maximum atomic E-state index is 13.3. The molecule has 3 aromatic carbocycles. The van der Waals surface area contributed by atoms with E-state index in [-0.39, 0.29) is 0 Å². The fourth-order valence-electron chi connectivity index (χ4n) is 3.90. The van der Waals surface area contributed by atoms with Gasteiger partial charge in [0.1, 0.15) is 17.3 Å². The molecule has 5 rings (SSSR count). The minimum absolute atomic E-state index is 0.364. The summed E-state index contributed by atoms with van der Waals surface area (Å²) in [5, 5.41) is 8.68. The molecule has 1 aromatic heterocycles. The number of hydrogen-bond acceptors (Lipinski definition) is 6. The molecular formula is C26H25FN6O2. The summed E-state index contributed by atoms with van der Waals surface area (Å²) in [5.74, 6) is 0.750. The summed E-state index contributed by atoms with van der Waals surface area (Å²) in [6.45, 7) is 4.72. The number of amides is 2. The second-order valence-corrected chi connectivity index (χ2v) is 8.26. The number of rotatable bonds is 6. The number of nitrogens with one attached hydrogen (secondary N) is 3. The van der Waals surface area contributed by atoms with E-state index in [1.165, 1.54) is 18.2 Å². The van der Waals surface area contributed by atoms with Crippen LogP contribution >= 0.6 is 0 Å². The molecule has 1 aliphatic rings. The van der Waals surface area contributed by atoms with E-state index >= 15 is 0 Å². The highest BCUT2D eigenvalue weighted by atomic mass is 19.1. The van der Waals surface area contributed by atoms with Gasteiger partial charge in [0.05, 0.1) is 22.9 Å². The molecule has 35 heavy (non-hydrogen) atoms. The van der Waals surface area contributed by atoms with Gasteiger partial charge in [0.25, 0.3) is 0 Å². The fourth-order valence-corrected chi connectivity index (χ4v) is 3.90. The van der Waals surface area contributed by atoms with Crippen LogP contribution in [0.3, 0.4) is 0 Å². The summed E-state index contributed by atoms with van der Waals surface area (Å²) >= 11 is 0. The van der Waals surface area contributed by atoms with Gasteiger partial charge in [-0.05, 0) is 42.5 Å². The molecule has 1 fully saturated rings. The third-order valence-corrected chi connectivity index (χ3v) is 5.57. The molecule has 0 saturated carbocycles. The Morgan fingerprint density at radius 1 is 0.943 bits per heavy atom. The molecule has 178 valence electrons. The first-order valence-electron chi connectivity index (χ1n) is 11.4. The van der Waals surface area contributed by atoms with Crippen LogP contribution < -0.4 is 20.7 Å². The molecule has 0 atom stereocenters. The first kappa shape index (κ1) is 22.7. The van der Waals surface area contributed by atoms with E-state index in [0.29, 0.717) is 22.9 Å². The van der Waals surface area contributed by atoms with Crippen molar-refractivity contribution < 1.29 is 13.9 Å². The van der Waals surface area contributed by atoms with Gasteiger partial charge in [0, 0.05) is 56.2 Å². The molecule has 0 unspecified atom stereocenters. The molecule has 2 amide bonds. The van der Waals surface area contributed by atoms with Crippen molar-refractivity contribution in [2.24, 2.45) is 0 Å². The molecule has 4 aromatic rings. The van der Waals surface area contributed by atoms with Gasteiger partial charge in [-0.1, -0.05) is 12.1 Å². The number of benzene rings is 3. The van der Waals surface area contributed by atoms with Crippen LogP contribution in [0.15, 0.2) is 72.9 Å². The highest BCUT2D eigenvalue weighted by Gasteiger charge is 2.12. The van der Waals surface area contributed by atoms with Crippen LogP contribution in [0.4, 0.5) is 20.6 Å². The van der Waals surface area contributed by atoms with Crippen LogP contribution in [0.25, 0.3) is 11.0 Å². The van der Waals surface area contributed by atoms with Gasteiger partial charge in [-0.2, -0.15) is 0 Å². The molecule has 3 N–H and O–H groups in total. The number of hydrogen-bond donors (Lipinski definition) is 3. The Morgan fingerprint density at radius 2 is 1.69 bits per heavy atom. The molecule has 1 saturated heterocycles. The zero-order valence-corrected chi connectivity index (χ0v) is 19.0. The maximum Gasteiger partial charge on any atom is 0.323 e. The van der Waals surface area contributed by atoms with Crippen molar-refractivity contribution >= 4 is 28.4 Å². The summed E-state index contributed by atoms with van der Waals surface area (Å²) in [6, 6.07) is 17.8. The molecule has 1 aliphatic heterocycles. The van der Waals surface area contributed by atoms with Crippen LogP contribution in [-0.4, -0.2) is 47.1 Å². The van der Waals surface area contributed by atoms with Gasteiger partial charge in [-0.3, -0.25) is 9.88 Å². The molecule has 9 heteroatoms. The van der Waals surface area contributed by atoms with E-state index in [9.17, 15) is 9.18 Å². The molecule has 0 spiro atoms. The van der Waals surface area contributed by atoms with E-state index < -0.39 is 11.8 Å². The molecular weight excluding hydrogens is 447 g/mol. The molecule has 2 heterocycles. The van der Waals surface area contributed by atoms with E-state index in [1.807, 2.05) is 24.4 Å². The number of halogens is 1. The Labute approximate surface area is 202 Å². The zero-order valence-electron chi connectivity index (χ0n) is 19.0. The number of anilines is 2. The summed E-state index contributed by atoms with van der Waals surface area (Å²) in [4.78, 5) is 24.0. The lowest BCUT2D eigenvalue weighted by Crippen LogP contribution is -2.43. The summed E-state index contributed by atoms with van der Waals surface area (Å²) < 4.78 is 19.4. The van der Waals surface area contributed by atoms with Crippen molar-refractivity contribution in [3.63, 3.8) is 0 Å². The number of aromatic nitrogens is 2. The zero-order chi connectivity index (χ0) is 24.0. The predicted molar refractivity (Wildman–Crippen MR) is 133 cm³/mol. The van der Waals surface area contributed by atoms with Crippen LogP contribution in [0.5, 0.6) is 11.5 Å². The van der Waals surface area contributed by atoms with Gasteiger partial charge in [0.2, 0.25) is 0 Å².